The van der Waals surface area contributed by atoms with Crippen LogP contribution in [0.5, 0.6) is 0 Å². The van der Waals surface area contributed by atoms with Gasteiger partial charge in [-0.05, 0) is 130 Å². The van der Waals surface area contributed by atoms with Crippen LogP contribution in [0, 0.1) is 11.8 Å². The van der Waals surface area contributed by atoms with Gasteiger partial charge in [-0.1, -0.05) is 29.3 Å². The van der Waals surface area contributed by atoms with E-state index in [1.807, 2.05) is 19.2 Å². The number of hydrogen-bond acceptors (Lipinski definition) is 4. The highest BCUT2D eigenvalue weighted by Crippen LogP contribution is 2.30. The van der Waals surface area contributed by atoms with E-state index in [9.17, 15) is 4.79 Å². The Kier molecular flexibility index (Phi) is 9.87. The van der Waals surface area contributed by atoms with E-state index in [1.54, 1.807) is 6.07 Å². The van der Waals surface area contributed by atoms with Crippen molar-refractivity contribution < 1.29 is 4.79 Å². The minimum atomic E-state index is 0.581. The molecule has 2 aromatic rings. The summed E-state index contributed by atoms with van der Waals surface area (Å²) in [6.45, 7) is 8.24. The first kappa shape index (κ1) is 26.4. The maximum atomic E-state index is 10.6. The van der Waals surface area contributed by atoms with Crippen molar-refractivity contribution in [3.63, 3.8) is 0 Å². The molecule has 2 aliphatic heterocycles. The fourth-order valence-electron chi connectivity index (χ4n) is 5.55. The summed E-state index contributed by atoms with van der Waals surface area (Å²) in [6.07, 6.45) is 5.57. The number of piperidine rings is 2. The Morgan fingerprint density at radius 1 is 0.771 bits per heavy atom. The number of nitrogens with zero attached hydrogens (tertiary/aromatic N) is 2. The molecule has 35 heavy (non-hydrogen) atoms. The van der Waals surface area contributed by atoms with Gasteiger partial charge in [0, 0.05) is 29.7 Å². The number of carbonyl (C=O) groups excluding carboxylic acids is 1. The van der Waals surface area contributed by atoms with E-state index in [-0.39, 0.29) is 0 Å². The SMILES string of the molecule is CNCC1CCN(Cc2cc(CN3CCC(CNC=O)CC3)cc(-c3cc(Cl)cc(Cl)c3)c2)CC1. The van der Waals surface area contributed by atoms with Gasteiger partial charge in [-0.15, -0.1) is 0 Å². The Bertz CT molecular complexity index is 949. The van der Waals surface area contributed by atoms with Gasteiger partial charge in [0.1, 0.15) is 0 Å². The van der Waals surface area contributed by atoms with E-state index in [4.69, 9.17) is 23.2 Å². The molecule has 2 aromatic carbocycles. The smallest absolute Gasteiger partial charge is 0.207 e. The minimum Gasteiger partial charge on any atom is -0.358 e. The predicted molar refractivity (Wildman–Crippen MR) is 146 cm³/mol. The van der Waals surface area contributed by atoms with E-state index < -0.39 is 0 Å². The number of hydrogen-bond donors (Lipinski definition) is 2. The summed E-state index contributed by atoms with van der Waals surface area (Å²) in [5, 5.41) is 7.50. The van der Waals surface area contributed by atoms with Crippen LogP contribution in [0.2, 0.25) is 10.0 Å². The molecule has 0 spiro atoms. The van der Waals surface area contributed by atoms with E-state index >= 15 is 0 Å². The molecule has 0 aliphatic carbocycles. The van der Waals surface area contributed by atoms with Crippen molar-refractivity contribution >= 4 is 29.6 Å². The van der Waals surface area contributed by atoms with Crippen molar-refractivity contribution in [1.29, 1.82) is 0 Å². The number of nitrogens with one attached hydrogen (secondary N) is 2. The predicted octanol–water partition coefficient (Wildman–Crippen LogP) is 5.05. The minimum absolute atomic E-state index is 0.581. The quantitative estimate of drug-likeness (QED) is 0.433. The first-order valence-corrected chi connectivity index (χ1v) is 13.6. The van der Waals surface area contributed by atoms with Crippen molar-refractivity contribution in [2.45, 2.75) is 38.8 Å². The van der Waals surface area contributed by atoms with Gasteiger partial charge < -0.3 is 10.6 Å². The molecule has 5 nitrogen and oxygen atoms in total. The van der Waals surface area contributed by atoms with Crippen LogP contribution in [0.4, 0.5) is 0 Å². The summed E-state index contributed by atoms with van der Waals surface area (Å²) < 4.78 is 0. The molecule has 2 aliphatic rings. The molecule has 0 unspecified atom stereocenters. The summed E-state index contributed by atoms with van der Waals surface area (Å²) in [5.74, 6) is 1.37. The van der Waals surface area contributed by atoms with Crippen molar-refractivity contribution in [2.24, 2.45) is 11.8 Å². The molecule has 0 saturated carbocycles. The third-order valence-corrected chi connectivity index (χ3v) is 7.89. The van der Waals surface area contributed by atoms with Gasteiger partial charge in [-0.3, -0.25) is 14.6 Å². The highest BCUT2D eigenvalue weighted by Gasteiger charge is 2.21. The first-order chi connectivity index (χ1) is 17.0. The van der Waals surface area contributed by atoms with Gasteiger partial charge in [0.05, 0.1) is 0 Å². The van der Waals surface area contributed by atoms with Crippen LogP contribution in [0.3, 0.4) is 0 Å². The molecular formula is C28H38Cl2N4O. The van der Waals surface area contributed by atoms with Crippen molar-refractivity contribution in [3.05, 3.63) is 57.6 Å². The largest absolute Gasteiger partial charge is 0.358 e. The van der Waals surface area contributed by atoms with Crippen LogP contribution in [-0.2, 0) is 17.9 Å². The van der Waals surface area contributed by atoms with Gasteiger partial charge in [-0.2, -0.15) is 0 Å². The second kappa shape index (κ2) is 13.1. The monoisotopic (exact) mass is 516 g/mol. The van der Waals surface area contributed by atoms with Crippen LogP contribution >= 0.6 is 23.2 Å². The number of likely N-dealkylation sites (tertiary alicyclic amines) is 2. The zero-order chi connectivity index (χ0) is 24.6. The maximum Gasteiger partial charge on any atom is 0.207 e. The maximum absolute atomic E-state index is 10.6. The standard InChI is InChI=1S/C28H38Cl2N4O/c1-31-16-21-2-6-33(7-3-21)18-23-10-24(19-34-8-4-22(5-9-34)17-32-20-35)12-25(11-23)26-13-27(29)15-28(30)14-26/h10-15,20-22,31H,2-9,16-19H2,1H3,(H,32,35). The molecule has 2 N–H and O–H groups in total. The average molecular weight is 518 g/mol. The second-order valence-corrected chi connectivity index (χ2v) is 11.1. The molecular weight excluding hydrogens is 479 g/mol. The van der Waals surface area contributed by atoms with Crippen LogP contribution in [-0.4, -0.2) is 62.5 Å². The van der Waals surface area contributed by atoms with Crippen LogP contribution < -0.4 is 10.6 Å². The fourth-order valence-corrected chi connectivity index (χ4v) is 6.08. The van der Waals surface area contributed by atoms with E-state index in [1.165, 1.54) is 29.5 Å². The zero-order valence-electron chi connectivity index (χ0n) is 20.7. The lowest BCUT2D eigenvalue weighted by Crippen LogP contribution is -2.37. The van der Waals surface area contributed by atoms with Gasteiger partial charge >= 0.3 is 0 Å². The molecule has 2 saturated heterocycles. The molecule has 0 atom stereocenters. The third-order valence-electron chi connectivity index (χ3n) is 7.46. The lowest BCUT2D eigenvalue weighted by Gasteiger charge is -2.33. The number of amides is 1. The normalized spacial score (nSPS) is 18.6. The first-order valence-electron chi connectivity index (χ1n) is 12.9. The van der Waals surface area contributed by atoms with Crippen LogP contribution in [0.15, 0.2) is 36.4 Å². The number of carbonyl (C=O) groups is 1. The fraction of sp³-hybridized carbons (Fsp3) is 0.536. The summed E-state index contributed by atoms with van der Waals surface area (Å²) in [6, 6.07) is 12.8. The number of benzene rings is 2. The summed E-state index contributed by atoms with van der Waals surface area (Å²) >= 11 is 12.7. The number of rotatable bonds is 10. The van der Waals surface area contributed by atoms with Gasteiger partial charge in [0.25, 0.3) is 0 Å². The van der Waals surface area contributed by atoms with Crippen molar-refractivity contribution in [3.8, 4) is 11.1 Å². The van der Waals surface area contributed by atoms with Crippen LogP contribution in [0.1, 0.15) is 36.8 Å². The summed E-state index contributed by atoms with van der Waals surface area (Å²) in [7, 11) is 2.05. The van der Waals surface area contributed by atoms with Crippen molar-refractivity contribution in [1.82, 2.24) is 20.4 Å². The lowest BCUT2D eigenvalue weighted by molar-refractivity contribution is -0.109. The molecule has 4 rings (SSSR count). The Hall–Kier alpha value is -1.63. The molecule has 0 aromatic heterocycles. The Morgan fingerprint density at radius 3 is 1.74 bits per heavy atom. The van der Waals surface area contributed by atoms with Gasteiger partial charge in [-0.25, -0.2) is 0 Å². The lowest BCUT2D eigenvalue weighted by atomic mass is 9.94. The van der Waals surface area contributed by atoms with Gasteiger partial charge in [0.2, 0.25) is 6.41 Å². The van der Waals surface area contributed by atoms with E-state index in [0.717, 1.165) is 83.1 Å². The molecule has 190 valence electrons. The highest BCUT2D eigenvalue weighted by atomic mass is 35.5. The Morgan fingerprint density at radius 2 is 1.26 bits per heavy atom. The molecule has 0 radical (unpaired) electrons. The molecule has 0 bridgehead atoms. The third kappa shape index (κ3) is 7.93. The number of halogens is 2. The zero-order valence-corrected chi connectivity index (χ0v) is 22.3. The van der Waals surface area contributed by atoms with E-state index in [0.29, 0.717) is 16.0 Å². The molecule has 1 amide bonds. The van der Waals surface area contributed by atoms with Gasteiger partial charge in [0.15, 0.2) is 0 Å². The van der Waals surface area contributed by atoms with Crippen LogP contribution in [0.25, 0.3) is 11.1 Å². The molecule has 2 fully saturated rings. The Balaban J connectivity index is 1.49. The average Bonchev–Trinajstić information content (AvgIpc) is 2.84. The topological polar surface area (TPSA) is 47.6 Å². The summed E-state index contributed by atoms with van der Waals surface area (Å²) in [4.78, 5) is 15.7. The molecule has 2 heterocycles. The Labute approximate surface area is 220 Å². The molecule has 7 heteroatoms. The van der Waals surface area contributed by atoms with E-state index in [2.05, 4.69) is 38.6 Å². The highest BCUT2D eigenvalue weighted by molar-refractivity contribution is 6.35. The summed E-state index contributed by atoms with van der Waals surface area (Å²) in [5.41, 5.74) is 4.93. The second-order valence-electron chi connectivity index (χ2n) is 10.2. The van der Waals surface area contributed by atoms with Crippen molar-refractivity contribution in [2.75, 3.05) is 46.3 Å².